The van der Waals surface area contributed by atoms with E-state index in [0.717, 1.165) is 21.3 Å². The van der Waals surface area contributed by atoms with E-state index in [1.165, 1.54) is 11.8 Å². The maximum atomic E-state index is 12.6. The van der Waals surface area contributed by atoms with E-state index in [1.807, 2.05) is 70.9 Å². The van der Waals surface area contributed by atoms with Gasteiger partial charge in [0.2, 0.25) is 11.8 Å². The number of hydrogen-bond donors (Lipinski definition) is 1. The van der Waals surface area contributed by atoms with Gasteiger partial charge in [0.1, 0.15) is 0 Å². The standard InChI is InChI=1S/C23H23N3O2S2/c27-21(16-30-23-25-20(15-29-23)17-7-3-1-4-8-17)26-13-11-18(12-14-26)22(28)24-19-9-5-2-6-10-19/h1-10,15,18H,11-14,16H2,(H,24,28). The third-order valence-corrected chi connectivity index (χ3v) is 7.14. The molecule has 2 aromatic carbocycles. The van der Waals surface area contributed by atoms with Crippen molar-refractivity contribution in [2.45, 2.75) is 17.2 Å². The summed E-state index contributed by atoms with van der Waals surface area (Å²) in [5.74, 6) is 0.481. The lowest BCUT2D eigenvalue weighted by Gasteiger charge is -2.31. The van der Waals surface area contributed by atoms with E-state index >= 15 is 0 Å². The molecule has 1 fully saturated rings. The van der Waals surface area contributed by atoms with Gasteiger partial charge in [-0.25, -0.2) is 4.98 Å². The Labute approximate surface area is 184 Å². The number of carbonyl (C=O) groups excluding carboxylic acids is 2. The van der Waals surface area contributed by atoms with Gasteiger partial charge in [-0.2, -0.15) is 0 Å². The summed E-state index contributed by atoms with van der Waals surface area (Å²) in [5, 5.41) is 4.99. The predicted molar refractivity (Wildman–Crippen MR) is 123 cm³/mol. The maximum Gasteiger partial charge on any atom is 0.233 e. The molecule has 1 aliphatic rings. The number of thioether (sulfide) groups is 1. The van der Waals surface area contributed by atoms with Crippen LogP contribution < -0.4 is 5.32 Å². The van der Waals surface area contributed by atoms with Crippen molar-refractivity contribution in [3.05, 3.63) is 66.0 Å². The Bertz CT molecular complexity index is 984. The molecule has 0 saturated carbocycles. The molecule has 4 rings (SSSR count). The van der Waals surface area contributed by atoms with E-state index in [9.17, 15) is 9.59 Å². The second-order valence-electron chi connectivity index (χ2n) is 7.16. The highest BCUT2D eigenvalue weighted by molar-refractivity contribution is 8.01. The summed E-state index contributed by atoms with van der Waals surface area (Å²) in [4.78, 5) is 31.5. The molecule has 3 aromatic rings. The number of hydrogen-bond acceptors (Lipinski definition) is 5. The molecule has 0 atom stereocenters. The number of thiazole rings is 1. The van der Waals surface area contributed by atoms with Crippen molar-refractivity contribution in [1.29, 1.82) is 0 Å². The Kier molecular flexibility index (Phi) is 6.81. The first-order valence-corrected chi connectivity index (χ1v) is 11.8. The number of piperidine rings is 1. The Morgan fingerprint density at radius 2 is 1.70 bits per heavy atom. The number of aromatic nitrogens is 1. The monoisotopic (exact) mass is 437 g/mol. The van der Waals surface area contributed by atoms with Crippen LogP contribution in [0.25, 0.3) is 11.3 Å². The fourth-order valence-corrected chi connectivity index (χ4v) is 5.17. The van der Waals surface area contributed by atoms with Gasteiger partial charge in [-0.15, -0.1) is 11.3 Å². The summed E-state index contributed by atoms with van der Waals surface area (Å²) in [6, 6.07) is 19.5. The second kappa shape index (κ2) is 9.91. The molecule has 7 heteroatoms. The first kappa shape index (κ1) is 20.6. The SMILES string of the molecule is O=C(Nc1ccccc1)C1CCN(C(=O)CSc2nc(-c3ccccc3)cs2)CC1. The average Bonchev–Trinajstić information content (AvgIpc) is 3.28. The van der Waals surface area contributed by atoms with E-state index in [-0.39, 0.29) is 17.7 Å². The number of likely N-dealkylation sites (tertiary alicyclic amines) is 1. The van der Waals surface area contributed by atoms with Gasteiger partial charge in [0, 0.05) is 35.6 Å². The highest BCUT2D eigenvalue weighted by Crippen LogP contribution is 2.29. The van der Waals surface area contributed by atoms with Crippen molar-refractivity contribution in [2.24, 2.45) is 5.92 Å². The van der Waals surface area contributed by atoms with Crippen LogP contribution in [0.2, 0.25) is 0 Å². The molecule has 1 aromatic heterocycles. The number of nitrogens with one attached hydrogen (secondary N) is 1. The van der Waals surface area contributed by atoms with E-state index in [0.29, 0.717) is 31.7 Å². The highest BCUT2D eigenvalue weighted by atomic mass is 32.2. The number of amides is 2. The molecule has 154 valence electrons. The van der Waals surface area contributed by atoms with E-state index in [2.05, 4.69) is 10.3 Å². The van der Waals surface area contributed by atoms with Crippen molar-refractivity contribution in [3.8, 4) is 11.3 Å². The van der Waals surface area contributed by atoms with Gasteiger partial charge < -0.3 is 10.2 Å². The molecular formula is C23H23N3O2S2. The van der Waals surface area contributed by atoms with Crippen LogP contribution >= 0.6 is 23.1 Å². The number of nitrogens with zero attached hydrogens (tertiary/aromatic N) is 2. The first-order chi connectivity index (χ1) is 14.7. The molecule has 30 heavy (non-hydrogen) atoms. The first-order valence-electron chi connectivity index (χ1n) is 9.96. The minimum absolute atomic E-state index is 0.0406. The molecule has 0 radical (unpaired) electrons. The van der Waals surface area contributed by atoms with Gasteiger partial charge in [-0.3, -0.25) is 9.59 Å². The smallest absolute Gasteiger partial charge is 0.233 e. The fraction of sp³-hybridized carbons (Fsp3) is 0.261. The molecule has 1 saturated heterocycles. The molecule has 0 spiro atoms. The van der Waals surface area contributed by atoms with Crippen LogP contribution in [0.3, 0.4) is 0 Å². The zero-order valence-corrected chi connectivity index (χ0v) is 18.1. The summed E-state index contributed by atoms with van der Waals surface area (Å²) in [7, 11) is 0. The van der Waals surface area contributed by atoms with Gasteiger partial charge in [-0.1, -0.05) is 60.3 Å². The van der Waals surface area contributed by atoms with Crippen LogP contribution in [0.4, 0.5) is 5.69 Å². The topological polar surface area (TPSA) is 62.3 Å². The van der Waals surface area contributed by atoms with E-state index in [1.54, 1.807) is 11.3 Å². The van der Waals surface area contributed by atoms with Crippen LogP contribution in [-0.4, -0.2) is 40.5 Å². The van der Waals surface area contributed by atoms with Crippen LogP contribution in [0.15, 0.2) is 70.4 Å². The van der Waals surface area contributed by atoms with Crippen molar-refractivity contribution in [2.75, 3.05) is 24.2 Å². The number of benzene rings is 2. The number of para-hydroxylation sites is 1. The quantitative estimate of drug-likeness (QED) is 0.564. The third kappa shape index (κ3) is 5.29. The molecule has 0 unspecified atom stereocenters. The summed E-state index contributed by atoms with van der Waals surface area (Å²) < 4.78 is 0.902. The summed E-state index contributed by atoms with van der Waals surface area (Å²) >= 11 is 3.05. The van der Waals surface area contributed by atoms with Crippen LogP contribution in [0, 0.1) is 5.92 Å². The minimum atomic E-state index is -0.0469. The highest BCUT2D eigenvalue weighted by Gasteiger charge is 2.27. The van der Waals surface area contributed by atoms with Crippen LogP contribution in [0.1, 0.15) is 12.8 Å². The molecular weight excluding hydrogens is 414 g/mol. The van der Waals surface area contributed by atoms with Crippen LogP contribution in [-0.2, 0) is 9.59 Å². The lowest BCUT2D eigenvalue weighted by molar-refractivity contribution is -0.132. The predicted octanol–water partition coefficient (Wildman–Crippen LogP) is 4.78. The molecule has 2 amide bonds. The normalized spacial score (nSPS) is 14.5. The zero-order chi connectivity index (χ0) is 20.8. The summed E-state index contributed by atoms with van der Waals surface area (Å²) in [5.41, 5.74) is 2.85. The van der Waals surface area contributed by atoms with Crippen molar-refractivity contribution >= 4 is 40.6 Å². The zero-order valence-electron chi connectivity index (χ0n) is 16.5. The molecule has 0 bridgehead atoms. The van der Waals surface area contributed by atoms with Crippen molar-refractivity contribution < 1.29 is 9.59 Å². The Hall–Kier alpha value is -2.64. The van der Waals surface area contributed by atoms with Gasteiger partial charge in [0.25, 0.3) is 0 Å². The van der Waals surface area contributed by atoms with Crippen molar-refractivity contribution in [3.63, 3.8) is 0 Å². The number of rotatable bonds is 6. The van der Waals surface area contributed by atoms with Gasteiger partial charge in [0.15, 0.2) is 4.34 Å². The molecule has 0 aliphatic carbocycles. The maximum absolute atomic E-state index is 12.6. The second-order valence-corrected chi connectivity index (χ2v) is 9.24. The molecule has 2 heterocycles. The number of carbonyl (C=O) groups is 2. The van der Waals surface area contributed by atoms with E-state index < -0.39 is 0 Å². The lowest BCUT2D eigenvalue weighted by Crippen LogP contribution is -2.42. The lowest BCUT2D eigenvalue weighted by atomic mass is 9.96. The van der Waals surface area contributed by atoms with E-state index in [4.69, 9.17) is 0 Å². The largest absolute Gasteiger partial charge is 0.342 e. The van der Waals surface area contributed by atoms with Crippen molar-refractivity contribution in [1.82, 2.24) is 9.88 Å². The third-order valence-electron chi connectivity index (χ3n) is 5.13. The minimum Gasteiger partial charge on any atom is -0.342 e. The molecule has 5 nitrogen and oxygen atoms in total. The van der Waals surface area contributed by atoms with Gasteiger partial charge in [-0.05, 0) is 25.0 Å². The Morgan fingerprint density at radius 3 is 2.40 bits per heavy atom. The summed E-state index contributed by atoms with van der Waals surface area (Å²) in [6.07, 6.45) is 1.40. The Morgan fingerprint density at radius 1 is 1.03 bits per heavy atom. The van der Waals surface area contributed by atoms with Gasteiger partial charge in [0.05, 0.1) is 11.4 Å². The summed E-state index contributed by atoms with van der Waals surface area (Å²) in [6.45, 7) is 1.25. The van der Waals surface area contributed by atoms with Crippen LogP contribution in [0.5, 0.6) is 0 Å². The van der Waals surface area contributed by atoms with Gasteiger partial charge >= 0.3 is 0 Å². The Balaban J connectivity index is 1.23. The number of anilines is 1. The molecule has 1 N–H and O–H groups in total. The molecule has 1 aliphatic heterocycles. The average molecular weight is 438 g/mol. The fourth-order valence-electron chi connectivity index (χ4n) is 3.44.